The molecule has 2 aromatic rings. The van der Waals surface area contributed by atoms with Crippen molar-refractivity contribution in [3.05, 3.63) is 48.0 Å². The van der Waals surface area contributed by atoms with E-state index in [4.69, 9.17) is 0 Å². The van der Waals surface area contributed by atoms with E-state index in [0.29, 0.717) is 11.9 Å². The first-order valence-corrected chi connectivity index (χ1v) is 7.72. The van der Waals surface area contributed by atoms with Crippen molar-refractivity contribution >= 4 is 16.7 Å². The number of nitrogens with zero attached hydrogens (tertiary/aromatic N) is 1. The van der Waals surface area contributed by atoms with Crippen molar-refractivity contribution in [2.75, 3.05) is 13.1 Å². The number of amides is 1. The molecule has 1 unspecified atom stereocenters. The van der Waals surface area contributed by atoms with Crippen LogP contribution in [-0.4, -0.2) is 29.9 Å². The van der Waals surface area contributed by atoms with Gasteiger partial charge in [-0.25, -0.2) is 0 Å². The smallest absolute Gasteiger partial charge is 0.222 e. The van der Waals surface area contributed by atoms with Gasteiger partial charge in [-0.05, 0) is 29.7 Å². The van der Waals surface area contributed by atoms with Crippen LogP contribution >= 0.6 is 0 Å². The van der Waals surface area contributed by atoms with E-state index in [0.717, 1.165) is 32.5 Å². The summed E-state index contributed by atoms with van der Waals surface area (Å²) in [5, 5.41) is 6.12. The van der Waals surface area contributed by atoms with Gasteiger partial charge >= 0.3 is 0 Å². The van der Waals surface area contributed by atoms with Gasteiger partial charge in [0.05, 0.1) is 0 Å². The molecular formula is C18H22N2O. The summed E-state index contributed by atoms with van der Waals surface area (Å²) in [6.07, 6.45) is 1.73. The molecular weight excluding hydrogens is 260 g/mol. The fraction of sp³-hybridized carbons (Fsp3) is 0.389. The lowest BCUT2D eigenvalue weighted by Gasteiger charge is -2.22. The second kappa shape index (κ2) is 6.27. The predicted molar refractivity (Wildman–Crippen MR) is 86.1 cm³/mol. The summed E-state index contributed by atoms with van der Waals surface area (Å²) >= 11 is 0. The molecule has 0 bridgehead atoms. The molecule has 1 fully saturated rings. The van der Waals surface area contributed by atoms with Gasteiger partial charge in [-0.3, -0.25) is 4.79 Å². The zero-order chi connectivity index (χ0) is 14.7. The van der Waals surface area contributed by atoms with Gasteiger partial charge in [-0.2, -0.15) is 0 Å². The quantitative estimate of drug-likeness (QED) is 0.914. The summed E-state index contributed by atoms with van der Waals surface area (Å²) in [4.78, 5) is 13.6. The molecule has 0 saturated carbocycles. The Morgan fingerprint density at radius 3 is 2.81 bits per heavy atom. The van der Waals surface area contributed by atoms with Crippen molar-refractivity contribution in [3.63, 3.8) is 0 Å². The van der Waals surface area contributed by atoms with Crippen molar-refractivity contribution in [2.45, 2.75) is 32.4 Å². The first-order valence-electron chi connectivity index (χ1n) is 7.72. The molecule has 2 aromatic carbocycles. The fourth-order valence-corrected chi connectivity index (χ4v) is 3.02. The molecule has 1 atom stereocenters. The number of benzene rings is 2. The van der Waals surface area contributed by atoms with Crippen LogP contribution in [0.25, 0.3) is 10.8 Å². The highest BCUT2D eigenvalue weighted by molar-refractivity contribution is 5.85. The van der Waals surface area contributed by atoms with Crippen LogP contribution in [0.3, 0.4) is 0 Å². The molecule has 21 heavy (non-hydrogen) atoms. The highest BCUT2D eigenvalue weighted by Crippen LogP contribution is 2.18. The molecule has 1 amide bonds. The van der Waals surface area contributed by atoms with Crippen molar-refractivity contribution in [1.82, 2.24) is 10.2 Å². The molecule has 3 rings (SSSR count). The summed E-state index contributed by atoms with van der Waals surface area (Å²) in [6.45, 7) is 4.71. The Morgan fingerprint density at radius 1 is 1.19 bits per heavy atom. The molecule has 3 heteroatoms. The van der Waals surface area contributed by atoms with E-state index in [1.807, 2.05) is 4.90 Å². The maximum Gasteiger partial charge on any atom is 0.222 e. The summed E-state index contributed by atoms with van der Waals surface area (Å²) in [5.74, 6) is 0.300. The minimum absolute atomic E-state index is 0.300. The Balaban J connectivity index is 1.62. The standard InChI is InChI=1S/C18H22N2O/c1-14(13-20-11-5-10-18(20)21)19-12-16-8-4-7-15-6-2-3-9-17(15)16/h2-4,6-9,14,19H,5,10-13H2,1H3. The highest BCUT2D eigenvalue weighted by atomic mass is 16.2. The number of hydrogen-bond donors (Lipinski definition) is 1. The minimum Gasteiger partial charge on any atom is -0.341 e. The number of hydrogen-bond acceptors (Lipinski definition) is 2. The molecule has 1 aliphatic rings. The predicted octanol–water partition coefficient (Wildman–Crippen LogP) is 2.94. The third-order valence-corrected chi connectivity index (χ3v) is 4.19. The third-order valence-electron chi connectivity index (χ3n) is 4.19. The van der Waals surface area contributed by atoms with E-state index >= 15 is 0 Å². The fourth-order valence-electron chi connectivity index (χ4n) is 3.02. The lowest BCUT2D eigenvalue weighted by molar-refractivity contribution is -0.127. The first-order chi connectivity index (χ1) is 10.2. The van der Waals surface area contributed by atoms with Gasteiger partial charge in [0.2, 0.25) is 5.91 Å². The SMILES string of the molecule is CC(CN1CCCC1=O)NCc1cccc2ccccc12. The molecule has 1 N–H and O–H groups in total. The summed E-state index contributed by atoms with van der Waals surface area (Å²) in [5.41, 5.74) is 1.31. The molecule has 0 aliphatic carbocycles. The lowest BCUT2D eigenvalue weighted by atomic mass is 10.0. The number of fused-ring (bicyclic) bond motifs is 1. The summed E-state index contributed by atoms with van der Waals surface area (Å²) in [7, 11) is 0. The van der Waals surface area contributed by atoms with Crippen molar-refractivity contribution in [1.29, 1.82) is 0 Å². The monoisotopic (exact) mass is 282 g/mol. The van der Waals surface area contributed by atoms with Crippen LogP contribution in [0.4, 0.5) is 0 Å². The molecule has 110 valence electrons. The lowest BCUT2D eigenvalue weighted by Crippen LogP contribution is -2.39. The van der Waals surface area contributed by atoms with Crippen molar-refractivity contribution in [3.8, 4) is 0 Å². The average molecular weight is 282 g/mol. The van der Waals surface area contributed by atoms with E-state index in [-0.39, 0.29) is 0 Å². The molecule has 1 aliphatic heterocycles. The van der Waals surface area contributed by atoms with Crippen LogP contribution in [0.15, 0.2) is 42.5 Å². The van der Waals surface area contributed by atoms with E-state index < -0.39 is 0 Å². The van der Waals surface area contributed by atoms with Gasteiger partial charge in [0.15, 0.2) is 0 Å². The Kier molecular flexibility index (Phi) is 4.20. The zero-order valence-corrected chi connectivity index (χ0v) is 12.5. The van der Waals surface area contributed by atoms with Gasteiger partial charge in [-0.1, -0.05) is 42.5 Å². The first kappa shape index (κ1) is 14.1. The number of likely N-dealkylation sites (tertiary alicyclic amines) is 1. The Hall–Kier alpha value is -1.87. The van der Waals surface area contributed by atoms with Gasteiger partial charge < -0.3 is 10.2 Å². The van der Waals surface area contributed by atoms with Gasteiger partial charge in [0, 0.05) is 32.1 Å². The van der Waals surface area contributed by atoms with Crippen LogP contribution in [0.5, 0.6) is 0 Å². The van der Waals surface area contributed by atoms with Gasteiger partial charge in [0.1, 0.15) is 0 Å². The van der Waals surface area contributed by atoms with Crippen LogP contribution < -0.4 is 5.32 Å². The van der Waals surface area contributed by atoms with Crippen LogP contribution in [0, 0.1) is 0 Å². The largest absolute Gasteiger partial charge is 0.341 e. The molecule has 1 heterocycles. The molecule has 0 aromatic heterocycles. The topological polar surface area (TPSA) is 32.3 Å². The number of nitrogens with one attached hydrogen (secondary N) is 1. The Labute approximate surface area is 125 Å². The molecule has 0 spiro atoms. The average Bonchev–Trinajstić information content (AvgIpc) is 2.90. The number of rotatable bonds is 5. The van der Waals surface area contributed by atoms with Crippen molar-refractivity contribution < 1.29 is 4.79 Å². The number of carbonyl (C=O) groups excluding carboxylic acids is 1. The van der Waals surface area contributed by atoms with Crippen LogP contribution in [-0.2, 0) is 11.3 Å². The highest BCUT2D eigenvalue weighted by Gasteiger charge is 2.21. The van der Waals surface area contributed by atoms with Crippen LogP contribution in [0.1, 0.15) is 25.3 Å². The van der Waals surface area contributed by atoms with E-state index in [9.17, 15) is 4.79 Å². The second-order valence-electron chi connectivity index (χ2n) is 5.86. The summed E-state index contributed by atoms with van der Waals surface area (Å²) in [6, 6.07) is 15.2. The normalized spacial score (nSPS) is 16.6. The summed E-state index contributed by atoms with van der Waals surface area (Å²) < 4.78 is 0. The van der Waals surface area contributed by atoms with E-state index in [2.05, 4.69) is 54.7 Å². The van der Waals surface area contributed by atoms with Crippen LogP contribution in [0.2, 0.25) is 0 Å². The molecule has 0 radical (unpaired) electrons. The maximum atomic E-state index is 11.7. The van der Waals surface area contributed by atoms with Gasteiger partial charge in [-0.15, -0.1) is 0 Å². The molecule has 1 saturated heterocycles. The third kappa shape index (κ3) is 3.24. The molecule has 3 nitrogen and oxygen atoms in total. The Morgan fingerprint density at radius 2 is 2.00 bits per heavy atom. The van der Waals surface area contributed by atoms with E-state index in [1.54, 1.807) is 0 Å². The zero-order valence-electron chi connectivity index (χ0n) is 12.5. The Bertz CT molecular complexity index is 633. The van der Waals surface area contributed by atoms with E-state index in [1.165, 1.54) is 16.3 Å². The minimum atomic E-state index is 0.300. The maximum absolute atomic E-state index is 11.7. The second-order valence-corrected chi connectivity index (χ2v) is 5.86. The number of carbonyl (C=O) groups is 1. The van der Waals surface area contributed by atoms with Gasteiger partial charge in [0.25, 0.3) is 0 Å². The van der Waals surface area contributed by atoms with Crippen molar-refractivity contribution in [2.24, 2.45) is 0 Å².